The van der Waals surface area contributed by atoms with Gasteiger partial charge in [0, 0.05) is 31.3 Å². The van der Waals surface area contributed by atoms with Crippen molar-refractivity contribution in [3.8, 4) is 11.3 Å². The van der Waals surface area contributed by atoms with Crippen molar-refractivity contribution in [2.24, 2.45) is 0 Å². The molecule has 6 heteroatoms. The molecule has 6 nitrogen and oxygen atoms in total. The van der Waals surface area contributed by atoms with Crippen LogP contribution in [0.25, 0.3) is 11.3 Å². The Bertz CT molecular complexity index is 1110. The predicted molar refractivity (Wildman–Crippen MR) is 117 cm³/mol. The highest BCUT2D eigenvalue weighted by Crippen LogP contribution is 2.33. The molecule has 0 amide bonds. The second-order valence-corrected chi connectivity index (χ2v) is 7.96. The van der Waals surface area contributed by atoms with Crippen LogP contribution >= 0.6 is 0 Å². The van der Waals surface area contributed by atoms with Crippen LogP contribution < -0.4 is 0 Å². The molecule has 1 aliphatic rings. The number of likely N-dealkylation sites (tertiary alicyclic amines) is 1. The van der Waals surface area contributed by atoms with E-state index in [4.69, 9.17) is 4.52 Å². The van der Waals surface area contributed by atoms with E-state index >= 15 is 0 Å². The van der Waals surface area contributed by atoms with Crippen LogP contribution in [-0.4, -0.2) is 37.8 Å². The lowest BCUT2D eigenvalue weighted by Crippen LogP contribution is -2.24. The molecule has 4 aromatic rings. The second kappa shape index (κ2) is 8.79. The van der Waals surface area contributed by atoms with E-state index in [1.165, 1.54) is 5.56 Å². The van der Waals surface area contributed by atoms with E-state index in [9.17, 15) is 5.11 Å². The molecule has 2 aromatic heterocycles. The van der Waals surface area contributed by atoms with Crippen LogP contribution in [0.15, 0.2) is 83.5 Å². The smallest absolute Gasteiger partial charge is 0.244 e. The maximum Gasteiger partial charge on any atom is 0.244 e. The zero-order chi connectivity index (χ0) is 21.0. The SMILES string of the molecule is O[C@@H]1C[C@@H](c2nc(Cc3ccccc3)no2)N(Cc2ccc(-c3ccccn3)cc2)C1. The highest BCUT2D eigenvalue weighted by molar-refractivity contribution is 5.58. The van der Waals surface area contributed by atoms with Crippen LogP contribution in [-0.2, 0) is 13.0 Å². The van der Waals surface area contributed by atoms with E-state index < -0.39 is 6.10 Å². The number of benzene rings is 2. The zero-order valence-electron chi connectivity index (χ0n) is 17.1. The first-order valence-electron chi connectivity index (χ1n) is 10.5. The van der Waals surface area contributed by atoms with E-state index in [1.54, 1.807) is 6.20 Å². The Morgan fingerprint density at radius 1 is 0.935 bits per heavy atom. The molecule has 1 fully saturated rings. The van der Waals surface area contributed by atoms with Gasteiger partial charge in [-0.3, -0.25) is 9.88 Å². The minimum Gasteiger partial charge on any atom is -0.392 e. The summed E-state index contributed by atoms with van der Waals surface area (Å²) in [6, 6.07) is 24.3. The number of hydrogen-bond donors (Lipinski definition) is 1. The molecule has 0 aliphatic carbocycles. The molecule has 2 atom stereocenters. The van der Waals surface area contributed by atoms with Gasteiger partial charge in [-0.1, -0.05) is 65.8 Å². The van der Waals surface area contributed by atoms with Gasteiger partial charge in [0.05, 0.1) is 17.8 Å². The van der Waals surface area contributed by atoms with Gasteiger partial charge in [-0.2, -0.15) is 4.98 Å². The maximum absolute atomic E-state index is 10.3. The van der Waals surface area contributed by atoms with Crippen molar-refractivity contribution >= 4 is 0 Å². The minimum atomic E-state index is -0.401. The first-order chi connectivity index (χ1) is 15.2. The summed E-state index contributed by atoms with van der Waals surface area (Å²) >= 11 is 0. The van der Waals surface area contributed by atoms with Gasteiger partial charge in [-0.05, 0) is 29.7 Å². The van der Waals surface area contributed by atoms with Gasteiger partial charge in [-0.15, -0.1) is 0 Å². The number of β-amino-alcohol motifs (C(OH)–C–C–N with tert-alkyl or cyclic N) is 1. The maximum atomic E-state index is 10.3. The monoisotopic (exact) mass is 412 g/mol. The summed E-state index contributed by atoms with van der Waals surface area (Å²) < 4.78 is 5.59. The number of aromatic nitrogens is 3. The van der Waals surface area contributed by atoms with Gasteiger partial charge < -0.3 is 9.63 Å². The molecule has 1 saturated heterocycles. The van der Waals surface area contributed by atoms with Gasteiger partial charge in [-0.25, -0.2) is 0 Å². The van der Waals surface area contributed by atoms with Crippen LogP contribution in [0, 0.1) is 0 Å². The predicted octanol–water partition coefficient (Wildman–Crippen LogP) is 4.03. The average molecular weight is 412 g/mol. The lowest BCUT2D eigenvalue weighted by atomic mass is 10.1. The summed E-state index contributed by atoms with van der Waals surface area (Å²) in [5.41, 5.74) is 4.36. The molecule has 0 unspecified atom stereocenters. The van der Waals surface area contributed by atoms with Gasteiger partial charge in [0.2, 0.25) is 5.89 Å². The molecule has 0 spiro atoms. The molecule has 1 N–H and O–H groups in total. The van der Waals surface area contributed by atoms with Crippen molar-refractivity contribution in [2.45, 2.75) is 31.5 Å². The highest BCUT2D eigenvalue weighted by atomic mass is 16.5. The van der Waals surface area contributed by atoms with Gasteiger partial charge >= 0.3 is 0 Å². The molecule has 31 heavy (non-hydrogen) atoms. The van der Waals surface area contributed by atoms with E-state index in [-0.39, 0.29) is 6.04 Å². The molecule has 3 heterocycles. The van der Waals surface area contributed by atoms with Gasteiger partial charge in [0.25, 0.3) is 0 Å². The first kappa shape index (κ1) is 19.6. The Labute approximate surface area is 181 Å². The number of rotatable bonds is 6. The minimum absolute atomic E-state index is 0.0810. The summed E-state index contributed by atoms with van der Waals surface area (Å²) in [5, 5.41) is 14.5. The van der Waals surface area contributed by atoms with Crippen molar-refractivity contribution in [1.29, 1.82) is 0 Å². The molecule has 0 saturated carbocycles. The molecule has 5 rings (SSSR count). The normalized spacial score (nSPS) is 19.0. The average Bonchev–Trinajstić information content (AvgIpc) is 3.41. The van der Waals surface area contributed by atoms with E-state index in [2.05, 4.69) is 56.4 Å². The fraction of sp³-hybridized carbons (Fsp3) is 0.240. The number of pyridine rings is 1. The molecule has 0 radical (unpaired) electrons. The van der Waals surface area contributed by atoms with Crippen molar-refractivity contribution in [1.82, 2.24) is 20.0 Å². The summed E-state index contributed by atoms with van der Waals surface area (Å²) in [5.74, 6) is 1.25. The van der Waals surface area contributed by atoms with Gasteiger partial charge in [0.1, 0.15) is 0 Å². The topological polar surface area (TPSA) is 75.3 Å². The summed E-state index contributed by atoms with van der Waals surface area (Å²) in [6.45, 7) is 1.30. The largest absolute Gasteiger partial charge is 0.392 e. The third-order valence-corrected chi connectivity index (χ3v) is 5.66. The number of aliphatic hydroxyl groups excluding tert-OH is 1. The highest BCUT2D eigenvalue weighted by Gasteiger charge is 2.35. The molecule has 156 valence electrons. The molecular weight excluding hydrogens is 388 g/mol. The summed E-state index contributed by atoms with van der Waals surface area (Å²) in [7, 11) is 0. The lowest BCUT2D eigenvalue weighted by Gasteiger charge is -2.21. The third kappa shape index (κ3) is 4.55. The third-order valence-electron chi connectivity index (χ3n) is 5.66. The van der Waals surface area contributed by atoms with Crippen LogP contribution in [0.1, 0.15) is 35.3 Å². The molecule has 1 aliphatic heterocycles. The van der Waals surface area contributed by atoms with Crippen LogP contribution in [0.2, 0.25) is 0 Å². The van der Waals surface area contributed by atoms with Crippen molar-refractivity contribution in [3.05, 3.63) is 102 Å². The zero-order valence-corrected chi connectivity index (χ0v) is 17.1. The number of hydrogen-bond acceptors (Lipinski definition) is 6. The Balaban J connectivity index is 1.29. The lowest BCUT2D eigenvalue weighted by molar-refractivity contribution is 0.169. The van der Waals surface area contributed by atoms with Crippen LogP contribution in [0.5, 0.6) is 0 Å². The van der Waals surface area contributed by atoms with Crippen LogP contribution in [0.3, 0.4) is 0 Å². The fourth-order valence-electron chi connectivity index (χ4n) is 4.11. The van der Waals surface area contributed by atoms with Crippen molar-refractivity contribution < 1.29 is 9.63 Å². The van der Waals surface area contributed by atoms with Crippen molar-refractivity contribution in [2.75, 3.05) is 6.54 Å². The summed E-state index contributed by atoms with van der Waals surface area (Å²) in [4.78, 5) is 11.2. The van der Waals surface area contributed by atoms with E-state index in [0.717, 1.165) is 16.8 Å². The van der Waals surface area contributed by atoms with Crippen LogP contribution in [0.4, 0.5) is 0 Å². The Kier molecular flexibility index (Phi) is 5.56. The molecule has 0 bridgehead atoms. The standard InChI is InChI=1S/C25H24N4O2/c30-21-15-23(25-27-24(28-31-25)14-18-6-2-1-3-7-18)29(17-21)16-19-9-11-20(12-10-19)22-8-4-5-13-26-22/h1-13,21,23,30H,14-17H2/t21-,23+/m1/s1. The quantitative estimate of drug-likeness (QED) is 0.515. The second-order valence-electron chi connectivity index (χ2n) is 7.96. The van der Waals surface area contributed by atoms with E-state index in [0.29, 0.717) is 37.6 Å². The summed E-state index contributed by atoms with van der Waals surface area (Å²) in [6.07, 6.45) is 2.63. The Morgan fingerprint density at radius 3 is 2.52 bits per heavy atom. The van der Waals surface area contributed by atoms with Crippen molar-refractivity contribution in [3.63, 3.8) is 0 Å². The first-order valence-corrected chi connectivity index (χ1v) is 10.5. The Hall–Kier alpha value is -3.35. The Morgan fingerprint density at radius 2 is 1.74 bits per heavy atom. The van der Waals surface area contributed by atoms with Gasteiger partial charge in [0.15, 0.2) is 5.82 Å². The molecule has 2 aromatic carbocycles. The molecular formula is C25H24N4O2. The number of nitrogens with zero attached hydrogens (tertiary/aromatic N) is 4. The fourth-order valence-corrected chi connectivity index (χ4v) is 4.11. The van der Waals surface area contributed by atoms with E-state index in [1.807, 2.05) is 36.4 Å². The number of aliphatic hydroxyl groups is 1.